The summed E-state index contributed by atoms with van der Waals surface area (Å²) in [5, 5.41) is 0. The fraction of sp³-hybridized carbons (Fsp3) is 0.923. The van der Waals surface area contributed by atoms with E-state index in [0.717, 1.165) is 52.4 Å². The maximum Gasteiger partial charge on any atom is 0.252 e. The SMILES string of the molecule is CCCCCCSN(SCCCCCC)c1nc(N(SCCCCCC)SCCCCCC)nc(N(SCCCCCC)SCCCCCC)n1. The van der Waals surface area contributed by atoms with E-state index in [1.165, 1.54) is 154 Å². The molecule has 0 amide bonds. The second-order valence-electron chi connectivity index (χ2n) is 13.4. The van der Waals surface area contributed by atoms with Crippen molar-refractivity contribution in [3.63, 3.8) is 0 Å². The topological polar surface area (TPSA) is 48.4 Å². The van der Waals surface area contributed by atoms with Crippen molar-refractivity contribution in [1.29, 1.82) is 0 Å². The minimum absolute atomic E-state index is 0.822. The minimum Gasteiger partial charge on any atom is -0.225 e. The Morgan fingerprint density at radius 1 is 0.275 bits per heavy atom. The molecule has 0 aliphatic heterocycles. The zero-order valence-corrected chi connectivity index (χ0v) is 38.7. The highest BCUT2D eigenvalue weighted by atomic mass is 32.2. The summed E-state index contributed by atoms with van der Waals surface area (Å²) < 4.78 is 7.08. The lowest BCUT2D eigenvalue weighted by Gasteiger charge is -2.26. The van der Waals surface area contributed by atoms with E-state index >= 15 is 0 Å². The van der Waals surface area contributed by atoms with Gasteiger partial charge in [0.15, 0.2) is 0 Å². The summed E-state index contributed by atoms with van der Waals surface area (Å²) in [6.07, 6.45) is 30.6. The Morgan fingerprint density at radius 3 is 0.608 bits per heavy atom. The third-order valence-corrected chi connectivity index (χ3v) is 15.4. The molecule has 0 spiro atoms. The van der Waals surface area contributed by atoms with Gasteiger partial charge in [0.25, 0.3) is 17.8 Å². The van der Waals surface area contributed by atoms with Crippen molar-refractivity contribution in [2.75, 3.05) is 45.6 Å². The maximum atomic E-state index is 5.32. The monoisotopic (exact) mass is 822 g/mol. The van der Waals surface area contributed by atoms with Crippen LogP contribution in [0.4, 0.5) is 17.8 Å². The van der Waals surface area contributed by atoms with E-state index in [1.807, 2.05) is 71.7 Å². The van der Waals surface area contributed by atoms with Gasteiger partial charge in [-0.1, -0.05) is 157 Å². The third-order valence-electron chi connectivity index (χ3n) is 8.33. The standard InChI is InChI=1S/C39H78N6S6/c1-7-13-19-25-31-46-43(47-32-26-20-14-8-2)37-40-38(44(48-33-27-21-15-9-3)49-34-28-22-16-10-4)42-39(41-37)45(50-35-29-23-17-11-5)51-36-30-24-18-12-6/h7-36H2,1-6H3. The van der Waals surface area contributed by atoms with Gasteiger partial charge in [-0.15, -0.1) is 0 Å². The molecular formula is C39H78N6S6. The normalized spacial score (nSPS) is 11.4. The smallest absolute Gasteiger partial charge is 0.225 e. The largest absolute Gasteiger partial charge is 0.252 e. The number of anilines is 3. The molecular weight excluding hydrogens is 745 g/mol. The highest BCUT2D eigenvalue weighted by molar-refractivity contribution is 8.19. The molecule has 0 aliphatic rings. The number of hydrogen-bond acceptors (Lipinski definition) is 12. The third kappa shape index (κ3) is 26.9. The molecule has 1 aromatic rings. The first-order valence-corrected chi connectivity index (χ1v) is 26.7. The summed E-state index contributed by atoms with van der Waals surface area (Å²) >= 11 is 11.5. The summed E-state index contributed by atoms with van der Waals surface area (Å²) in [7, 11) is 0. The minimum atomic E-state index is 0.822. The number of hydrogen-bond donors (Lipinski definition) is 0. The van der Waals surface area contributed by atoms with E-state index < -0.39 is 0 Å². The molecule has 1 rings (SSSR count). The highest BCUT2D eigenvalue weighted by Gasteiger charge is 2.23. The first-order valence-electron chi connectivity index (χ1n) is 21.1. The predicted molar refractivity (Wildman–Crippen MR) is 247 cm³/mol. The predicted octanol–water partition coefficient (Wildman–Crippen LogP) is 15.7. The van der Waals surface area contributed by atoms with Crippen LogP contribution in [-0.4, -0.2) is 49.5 Å². The van der Waals surface area contributed by atoms with Crippen LogP contribution in [0, 0.1) is 0 Å². The van der Waals surface area contributed by atoms with Crippen molar-refractivity contribution in [2.24, 2.45) is 0 Å². The number of unbranched alkanes of at least 4 members (excludes halogenated alkanes) is 18. The van der Waals surface area contributed by atoms with Crippen LogP contribution in [0.1, 0.15) is 196 Å². The van der Waals surface area contributed by atoms with Gasteiger partial charge in [0, 0.05) is 34.5 Å². The van der Waals surface area contributed by atoms with Crippen molar-refractivity contribution < 1.29 is 0 Å². The zero-order chi connectivity index (χ0) is 37.0. The fourth-order valence-electron chi connectivity index (χ4n) is 5.10. The molecule has 300 valence electrons. The summed E-state index contributed by atoms with van der Waals surface area (Å²) in [6.45, 7) is 13.8. The van der Waals surface area contributed by atoms with Crippen LogP contribution in [-0.2, 0) is 0 Å². The molecule has 0 radical (unpaired) electrons. The van der Waals surface area contributed by atoms with Gasteiger partial charge < -0.3 is 0 Å². The van der Waals surface area contributed by atoms with Gasteiger partial charge in [-0.25, -0.2) is 11.1 Å². The Kier molecular flexibility index (Phi) is 36.4. The van der Waals surface area contributed by atoms with Gasteiger partial charge in [0.1, 0.15) is 0 Å². The molecule has 6 nitrogen and oxygen atoms in total. The zero-order valence-electron chi connectivity index (χ0n) is 33.8. The highest BCUT2D eigenvalue weighted by Crippen LogP contribution is 2.38. The van der Waals surface area contributed by atoms with E-state index in [0.29, 0.717) is 0 Å². The van der Waals surface area contributed by atoms with Crippen LogP contribution >= 0.6 is 71.7 Å². The van der Waals surface area contributed by atoms with Crippen molar-refractivity contribution in [3.8, 4) is 0 Å². The molecule has 0 fully saturated rings. The molecule has 0 bridgehead atoms. The molecule has 1 aromatic heterocycles. The Morgan fingerprint density at radius 2 is 0.451 bits per heavy atom. The summed E-state index contributed by atoms with van der Waals surface area (Å²) in [4.78, 5) is 16.0. The van der Waals surface area contributed by atoms with Gasteiger partial charge in [-0.3, -0.25) is 0 Å². The van der Waals surface area contributed by atoms with Crippen molar-refractivity contribution >= 4 is 89.5 Å². The molecule has 0 aromatic carbocycles. The van der Waals surface area contributed by atoms with Crippen molar-refractivity contribution in [1.82, 2.24) is 15.0 Å². The second-order valence-corrected chi connectivity index (χ2v) is 20.3. The maximum absolute atomic E-state index is 5.32. The molecule has 1 heterocycles. The number of rotatable bonds is 39. The van der Waals surface area contributed by atoms with Gasteiger partial charge in [0.05, 0.1) is 0 Å². The van der Waals surface area contributed by atoms with Crippen molar-refractivity contribution in [3.05, 3.63) is 0 Å². The lowest BCUT2D eigenvalue weighted by molar-refractivity contribution is 0.705. The number of aromatic nitrogens is 3. The van der Waals surface area contributed by atoms with E-state index in [9.17, 15) is 0 Å². The molecule has 0 N–H and O–H groups in total. The summed E-state index contributed by atoms with van der Waals surface area (Å²) in [5.74, 6) is 9.06. The Balaban J connectivity index is 3.51. The van der Waals surface area contributed by atoms with Crippen LogP contribution in [0.15, 0.2) is 0 Å². The lowest BCUT2D eigenvalue weighted by atomic mass is 10.2. The molecule has 51 heavy (non-hydrogen) atoms. The van der Waals surface area contributed by atoms with Gasteiger partial charge in [-0.05, 0) is 110 Å². The molecule has 0 saturated heterocycles. The summed E-state index contributed by atoms with van der Waals surface area (Å²) in [6, 6.07) is 0. The van der Waals surface area contributed by atoms with Gasteiger partial charge in [0.2, 0.25) is 0 Å². The molecule has 0 saturated carbocycles. The Hall–Kier alpha value is 0.510. The second kappa shape index (κ2) is 37.4. The number of nitrogens with zero attached hydrogens (tertiary/aromatic N) is 6. The summed E-state index contributed by atoms with van der Waals surface area (Å²) in [5.41, 5.74) is 0. The molecule has 12 heteroatoms. The van der Waals surface area contributed by atoms with Gasteiger partial charge in [-0.2, -0.15) is 15.0 Å². The quantitative estimate of drug-likeness (QED) is 0.0469. The molecule has 0 unspecified atom stereocenters. The first kappa shape index (κ1) is 49.5. The molecule has 0 aliphatic carbocycles. The van der Waals surface area contributed by atoms with E-state index in [2.05, 4.69) is 52.7 Å². The van der Waals surface area contributed by atoms with Crippen molar-refractivity contribution in [2.45, 2.75) is 196 Å². The van der Waals surface area contributed by atoms with Crippen LogP contribution in [0.3, 0.4) is 0 Å². The Bertz CT molecular complexity index is 725. The fourth-order valence-corrected chi connectivity index (χ4v) is 11.5. The molecule has 0 atom stereocenters. The van der Waals surface area contributed by atoms with Crippen LogP contribution in [0.2, 0.25) is 0 Å². The Labute approximate surface area is 343 Å². The van der Waals surface area contributed by atoms with E-state index in [4.69, 9.17) is 15.0 Å². The van der Waals surface area contributed by atoms with Gasteiger partial charge >= 0.3 is 0 Å². The average Bonchev–Trinajstić information content (AvgIpc) is 3.14. The lowest BCUT2D eigenvalue weighted by Crippen LogP contribution is -2.19. The van der Waals surface area contributed by atoms with Crippen LogP contribution < -0.4 is 11.1 Å². The average molecular weight is 823 g/mol. The van der Waals surface area contributed by atoms with Crippen LogP contribution in [0.25, 0.3) is 0 Å². The van der Waals surface area contributed by atoms with E-state index in [-0.39, 0.29) is 0 Å². The van der Waals surface area contributed by atoms with Crippen LogP contribution in [0.5, 0.6) is 0 Å². The first-order chi connectivity index (χ1) is 25.1. The van der Waals surface area contributed by atoms with E-state index in [1.54, 1.807) is 0 Å².